The molecular formula is C16H22ClNO3. The van der Waals surface area contributed by atoms with Crippen LogP contribution in [0.5, 0.6) is 0 Å². The monoisotopic (exact) mass is 311 g/mol. The molecule has 1 aliphatic heterocycles. The lowest BCUT2D eigenvalue weighted by Crippen LogP contribution is -2.49. The van der Waals surface area contributed by atoms with Crippen molar-refractivity contribution in [3.63, 3.8) is 0 Å². The summed E-state index contributed by atoms with van der Waals surface area (Å²) in [6.07, 6.45) is 0.973. The van der Waals surface area contributed by atoms with Gasteiger partial charge in [0, 0.05) is 11.6 Å². The molecule has 0 saturated carbocycles. The summed E-state index contributed by atoms with van der Waals surface area (Å²) in [7, 11) is 0. The van der Waals surface area contributed by atoms with E-state index in [9.17, 15) is 9.90 Å². The summed E-state index contributed by atoms with van der Waals surface area (Å²) in [6.45, 7) is 6.34. The number of amides is 1. The number of halogens is 1. The smallest absolute Gasteiger partial charge is 0.410 e. The fraction of sp³-hybridized carbons (Fsp3) is 0.562. The van der Waals surface area contributed by atoms with Gasteiger partial charge in [-0.25, -0.2) is 4.79 Å². The second kappa shape index (κ2) is 5.85. The second-order valence-corrected chi connectivity index (χ2v) is 6.98. The number of likely N-dealkylation sites (tertiary alicyclic amines) is 1. The molecule has 1 fully saturated rings. The summed E-state index contributed by atoms with van der Waals surface area (Å²) in [5.41, 5.74) is -0.799. The normalized spacial score (nSPS) is 23.0. The predicted octanol–water partition coefficient (Wildman–Crippen LogP) is 3.56. The van der Waals surface area contributed by atoms with E-state index in [1.807, 2.05) is 20.8 Å². The molecule has 1 aromatic carbocycles. The van der Waals surface area contributed by atoms with Gasteiger partial charge < -0.3 is 14.7 Å². The van der Waals surface area contributed by atoms with Crippen molar-refractivity contribution in [1.29, 1.82) is 0 Å². The molecule has 1 heterocycles. The van der Waals surface area contributed by atoms with Crippen LogP contribution in [0.3, 0.4) is 0 Å². The first kappa shape index (κ1) is 16.1. The largest absolute Gasteiger partial charge is 0.444 e. The summed E-state index contributed by atoms with van der Waals surface area (Å²) in [5, 5.41) is 11.5. The van der Waals surface area contributed by atoms with Gasteiger partial charge in [-0.3, -0.25) is 0 Å². The van der Waals surface area contributed by atoms with Crippen molar-refractivity contribution >= 4 is 17.7 Å². The van der Waals surface area contributed by atoms with Gasteiger partial charge in [-0.1, -0.05) is 23.7 Å². The molecule has 1 saturated heterocycles. The van der Waals surface area contributed by atoms with E-state index in [-0.39, 0.29) is 12.6 Å². The first-order valence-electron chi connectivity index (χ1n) is 7.16. The zero-order valence-corrected chi connectivity index (χ0v) is 13.5. The third-order valence-corrected chi connectivity index (χ3v) is 3.76. The summed E-state index contributed by atoms with van der Waals surface area (Å²) >= 11 is 5.88. The molecule has 1 atom stereocenters. The Morgan fingerprint density at radius 2 is 1.95 bits per heavy atom. The van der Waals surface area contributed by atoms with Gasteiger partial charge >= 0.3 is 6.09 Å². The van der Waals surface area contributed by atoms with Crippen molar-refractivity contribution in [3.8, 4) is 0 Å². The molecule has 0 spiro atoms. The maximum absolute atomic E-state index is 12.2. The number of carbonyl (C=O) groups excluding carboxylic acids is 1. The standard InChI is InChI=1S/C16H22ClNO3/c1-15(2,3)21-14(19)18-10-4-9-16(20,11-18)12-5-7-13(17)8-6-12/h5-8,20H,4,9-11H2,1-3H3. The highest BCUT2D eigenvalue weighted by Gasteiger charge is 2.38. The van der Waals surface area contributed by atoms with E-state index in [1.165, 1.54) is 0 Å². The number of hydrogen-bond acceptors (Lipinski definition) is 3. The maximum Gasteiger partial charge on any atom is 0.410 e. The Balaban J connectivity index is 2.12. The first-order valence-corrected chi connectivity index (χ1v) is 7.54. The molecular weight excluding hydrogens is 290 g/mol. The van der Waals surface area contributed by atoms with Crippen molar-refractivity contribution in [2.24, 2.45) is 0 Å². The molecule has 0 radical (unpaired) electrons. The Kier molecular flexibility index (Phi) is 4.49. The number of piperidine rings is 1. The van der Waals surface area contributed by atoms with Crippen LogP contribution in [-0.4, -0.2) is 34.8 Å². The Hall–Kier alpha value is -1.26. The molecule has 0 bridgehead atoms. The number of benzene rings is 1. The Morgan fingerprint density at radius 3 is 2.52 bits per heavy atom. The Labute approximate surface area is 130 Å². The lowest BCUT2D eigenvalue weighted by Gasteiger charge is -2.40. The number of rotatable bonds is 1. The number of hydrogen-bond donors (Lipinski definition) is 1. The molecule has 1 unspecified atom stereocenters. The van der Waals surface area contributed by atoms with Crippen molar-refractivity contribution in [2.75, 3.05) is 13.1 Å². The molecule has 0 aliphatic carbocycles. The molecule has 4 nitrogen and oxygen atoms in total. The molecule has 21 heavy (non-hydrogen) atoms. The molecule has 1 aliphatic rings. The van der Waals surface area contributed by atoms with Crippen molar-refractivity contribution in [3.05, 3.63) is 34.9 Å². The van der Waals surface area contributed by atoms with E-state index < -0.39 is 11.2 Å². The minimum atomic E-state index is -1.04. The quantitative estimate of drug-likeness (QED) is 0.862. The number of aliphatic hydroxyl groups is 1. The predicted molar refractivity (Wildman–Crippen MR) is 82.4 cm³/mol. The zero-order valence-electron chi connectivity index (χ0n) is 12.7. The Morgan fingerprint density at radius 1 is 1.33 bits per heavy atom. The van der Waals surface area contributed by atoms with E-state index in [4.69, 9.17) is 16.3 Å². The molecule has 116 valence electrons. The SMILES string of the molecule is CC(C)(C)OC(=O)N1CCCC(O)(c2ccc(Cl)cc2)C1. The van der Waals surface area contributed by atoms with E-state index >= 15 is 0 Å². The first-order chi connectivity index (χ1) is 9.70. The Bertz CT molecular complexity index is 509. The minimum absolute atomic E-state index is 0.240. The van der Waals surface area contributed by atoms with Crippen molar-refractivity contribution in [1.82, 2.24) is 4.90 Å². The van der Waals surface area contributed by atoms with Gasteiger partial charge in [-0.2, -0.15) is 0 Å². The number of ether oxygens (including phenoxy) is 1. The van der Waals surface area contributed by atoms with Crippen LogP contribution in [0.2, 0.25) is 5.02 Å². The third-order valence-electron chi connectivity index (χ3n) is 3.50. The minimum Gasteiger partial charge on any atom is -0.444 e. The van der Waals surface area contributed by atoms with Crippen LogP contribution < -0.4 is 0 Å². The van der Waals surface area contributed by atoms with Gasteiger partial charge in [0.2, 0.25) is 0 Å². The average molecular weight is 312 g/mol. The van der Waals surface area contributed by atoms with Crippen LogP contribution in [-0.2, 0) is 10.3 Å². The van der Waals surface area contributed by atoms with Gasteiger partial charge in [0.25, 0.3) is 0 Å². The van der Waals surface area contributed by atoms with E-state index in [0.717, 1.165) is 12.0 Å². The molecule has 2 rings (SSSR count). The van der Waals surface area contributed by atoms with Crippen LogP contribution in [0.4, 0.5) is 4.79 Å². The fourth-order valence-corrected chi connectivity index (χ4v) is 2.64. The van der Waals surface area contributed by atoms with Crippen LogP contribution in [0.1, 0.15) is 39.2 Å². The molecule has 0 aromatic heterocycles. The van der Waals surface area contributed by atoms with Gasteiger partial charge in [0.1, 0.15) is 11.2 Å². The summed E-state index contributed by atoms with van der Waals surface area (Å²) in [4.78, 5) is 13.7. The molecule has 1 aromatic rings. The molecule has 5 heteroatoms. The lowest BCUT2D eigenvalue weighted by atomic mass is 9.86. The summed E-state index contributed by atoms with van der Waals surface area (Å²) in [6, 6.07) is 7.12. The van der Waals surface area contributed by atoms with Gasteiger partial charge in [-0.05, 0) is 51.3 Å². The third kappa shape index (κ3) is 4.11. The highest BCUT2D eigenvalue weighted by Crippen LogP contribution is 2.32. The second-order valence-electron chi connectivity index (χ2n) is 6.54. The number of β-amino-alcohol motifs (C(OH)–C–C–N with tert-alkyl or cyclic N) is 1. The number of nitrogens with zero attached hydrogens (tertiary/aromatic N) is 1. The molecule has 1 amide bonds. The van der Waals surface area contributed by atoms with Crippen molar-refractivity contribution < 1.29 is 14.6 Å². The summed E-state index contributed by atoms with van der Waals surface area (Å²) in [5.74, 6) is 0. The van der Waals surface area contributed by atoms with E-state index in [1.54, 1.807) is 29.2 Å². The van der Waals surface area contributed by atoms with Crippen LogP contribution in [0.25, 0.3) is 0 Å². The van der Waals surface area contributed by atoms with E-state index in [2.05, 4.69) is 0 Å². The van der Waals surface area contributed by atoms with Crippen molar-refractivity contribution in [2.45, 2.75) is 44.8 Å². The highest BCUT2D eigenvalue weighted by atomic mass is 35.5. The average Bonchev–Trinajstić information content (AvgIpc) is 2.37. The maximum atomic E-state index is 12.2. The zero-order chi connectivity index (χ0) is 15.7. The number of carbonyl (C=O) groups is 1. The lowest BCUT2D eigenvalue weighted by molar-refractivity contribution is -0.0465. The van der Waals surface area contributed by atoms with Gasteiger partial charge in [0.15, 0.2) is 0 Å². The highest BCUT2D eigenvalue weighted by molar-refractivity contribution is 6.30. The van der Waals surface area contributed by atoms with E-state index in [0.29, 0.717) is 18.0 Å². The molecule has 1 N–H and O–H groups in total. The van der Waals surface area contributed by atoms with Crippen LogP contribution in [0.15, 0.2) is 24.3 Å². The van der Waals surface area contributed by atoms with Gasteiger partial charge in [-0.15, -0.1) is 0 Å². The van der Waals surface area contributed by atoms with Crippen LogP contribution in [0, 0.1) is 0 Å². The topological polar surface area (TPSA) is 49.8 Å². The summed E-state index contributed by atoms with van der Waals surface area (Å²) < 4.78 is 5.38. The van der Waals surface area contributed by atoms with Crippen LogP contribution >= 0.6 is 11.6 Å². The van der Waals surface area contributed by atoms with Gasteiger partial charge in [0.05, 0.1) is 6.54 Å². The fourth-order valence-electron chi connectivity index (χ4n) is 2.51.